The second kappa shape index (κ2) is 18.2. The number of likely N-dealkylation sites (tertiary alicyclic amines) is 1. The van der Waals surface area contributed by atoms with Crippen molar-refractivity contribution in [3.05, 3.63) is 29.8 Å². The second-order valence-corrected chi connectivity index (χ2v) is 12.8. The third kappa shape index (κ3) is 11.8. The second-order valence-electron chi connectivity index (χ2n) is 11.1. The van der Waals surface area contributed by atoms with E-state index in [0.29, 0.717) is 25.9 Å². The molecule has 16 nitrogen and oxygen atoms in total. The highest BCUT2D eigenvalue weighted by molar-refractivity contribution is 7.89. The summed E-state index contributed by atoms with van der Waals surface area (Å²) >= 11 is 0. The first-order valence-corrected chi connectivity index (χ1v) is 17.1. The molecule has 260 valence electrons. The topological polar surface area (TPSA) is 202 Å². The fourth-order valence-electron chi connectivity index (χ4n) is 5.12. The van der Waals surface area contributed by atoms with Crippen LogP contribution in [0.1, 0.15) is 62.7 Å². The van der Waals surface area contributed by atoms with Crippen molar-refractivity contribution in [2.24, 2.45) is 11.0 Å². The monoisotopic (exact) mass is 680 g/mol. The van der Waals surface area contributed by atoms with Crippen LogP contribution >= 0.6 is 0 Å². The van der Waals surface area contributed by atoms with Crippen LogP contribution in [0.4, 0.5) is 4.79 Å². The Kier molecular flexibility index (Phi) is 14.4. The van der Waals surface area contributed by atoms with E-state index in [0.717, 1.165) is 20.0 Å². The Morgan fingerprint density at radius 1 is 1.09 bits per heavy atom. The van der Waals surface area contributed by atoms with Crippen LogP contribution in [0.5, 0.6) is 0 Å². The van der Waals surface area contributed by atoms with Gasteiger partial charge in [0.25, 0.3) is 0 Å². The van der Waals surface area contributed by atoms with Gasteiger partial charge < -0.3 is 29.3 Å². The van der Waals surface area contributed by atoms with Gasteiger partial charge in [-0.05, 0) is 57.6 Å². The average Bonchev–Trinajstić information content (AvgIpc) is 3.89. The van der Waals surface area contributed by atoms with Gasteiger partial charge in [0, 0.05) is 32.2 Å². The summed E-state index contributed by atoms with van der Waals surface area (Å²) in [6.45, 7) is 5.22. The van der Waals surface area contributed by atoms with E-state index in [9.17, 15) is 32.4 Å². The summed E-state index contributed by atoms with van der Waals surface area (Å²) < 4.78 is 44.0. The van der Waals surface area contributed by atoms with E-state index < -0.39 is 57.2 Å². The quantitative estimate of drug-likeness (QED) is 0.0696. The molecule has 2 atom stereocenters. The van der Waals surface area contributed by atoms with E-state index in [4.69, 9.17) is 14.2 Å². The minimum atomic E-state index is -4.51. The molecule has 1 aromatic carbocycles. The number of benzene rings is 1. The van der Waals surface area contributed by atoms with Crippen LogP contribution in [0.2, 0.25) is 0 Å². The lowest BCUT2D eigenvalue weighted by molar-refractivity contribution is -0.144. The van der Waals surface area contributed by atoms with Gasteiger partial charge in [0.05, 0.1) is 43.6 Å². The Balaban J connectivity index is 1.73. The van der Waals surface area contributed by atoms with E-state index in [1.165, 1.54) is 35.5 Å². The Labute approximate surface area is 274 Å². The van der Waals surface area contributed by atoms with Crippen molar-refractivity contribution in [3.8, 4) is 0 Å². The summed E-state index contributed by atoms with van der Waals surface area (Å²) in [5.41, 5.74) is 2.03. The predicted molar refractivity (Wildman–Crippen MR) is 168 cm³/mol. The van der Waals surface area contributed by atoms with Crippen molar-refractivity contribution in [3.63, 3.8) is 0 Å². The number of hydrogen-bond donors (Lipinski definition) is 3. The van der Waals surface area contributed by atoms with Gasteiger partial charge in [0.2, 0.25) is 21.8 Å². The Morgan fingerprint density at radius 3 is 2.49 bits per heavy atom. The maximum absolute atomic E-state index is 13.9. The summed E-state index contributed by atoms with van der Waals surface area (Å²) in [6.07, 6.45) is 3.15. The zero-order chi connectivity index (χ0) is 34.4. The van der Waals surface area contributed by atoms with E-state index in [2.05, 4.69) is 20.6 Å². The van der Waals surface area contributed by atoms with Crippen molar-refractivity contribution in [1.29, 1.82) is 0 Å². The number of hydrogen-bond acceptors (Lipinski definition) is 11. The molecule has 2 fully saturated rings. The molecule has 1 aliphatic carbocycles. The average molecular weight is 681 g/mol. The number of nitrogens with zero attached hydrogens (tertiary/aromatic N) is 3. The van der Waals surface area contributed by atoms with Gasteiger partial charge in [-0.3, -0.25) is 14.4 Å². The first-order valence-electron chi connectivity index (χ1n) is 15.6. The van der Waals surface area contributed by atoms with E-state index in [1.54, 1.807) is 13.8 Å². The molecular weight excluding hydrogens is 636 g/mol. The van der Waals surface area contributed by atoms with E-state index in [-0.39, 0.29) is 50.2 Å². The Morgan fingerprint density at radius 2 is 1.81 bits per heavy atom. The van der Waals surface area contributed by atoms with Gasteiger partial charge in [-0.25, -0.2) is 23.4 Å². The van der Waals surface area contributed by atoms with Crippen LogP contribution in [0, 0.1) is 5.92 Å². The number of carbonyl (C=O) groups is 5. The SMILES string of the molecule is CCOC(=O)CCN(C(=O)[C@H](CC(=O)NC[C@@H]1CCCN(C=NNC(=O)OCC)C1)NS(=O)(=O)c1ccccc1C(=O)OC)C1CC1. The maximum Gasteiger partial charge on any atom is 0.427 e. The van der Waals surface area contributed by atoms with Crippen LogP contribution in [0.25, 0.3) is 0 Å². The molecule has 1 saturated heterocycles. The van der Waals surface area contributed by atoms with Gasteiger partial charge in [-0.15, -0.1) is 0 Å². The molecule has 47 heavy (non-hydrogen) atoms. The lowest BCUT2D eigenvalue weighted by Gasteiger charge is -2.31. The van der Waals surface area contributed by atoms with Crippen LogP contribution in [-0.2, 0) is 38.6 Å². The molecule has 0 radical (unpaired) electrons. The van der Waals surface area contributed by atoms with Crippen molar-refractivity contribution in [2.45, 2.75) is 69.4 Å². The van der Waals surface area contributed by atoms with Gasteiger partial charge >= 0.3 is 18.0 Å². The van der Waals surface area contributed by atoms with Crippen molar-refractivity contribution in [2.75, 3.05) is 46.5 Å². The summed E-state index contributed by atoms with van der Waals surface area (Å²) in [4.78, 5) is 65.8. The third-order valence-electron chi connectivity index (χ3n) is 7.49. The number of piperidine rings is 1. The van der Waals surface area contributed by atoms with E-state index >= 15 is 0 Å². The molecular formula is C30H44N6O10S. The summed E-state index contributed by atoms with van der Waals surface area (Å²) in [7, 11) is -3.39. The molecule has 17 heteroatoms. The van der Waals surface area contributed by atoms with Crippen LogP contribution in [0.3, 0.4) is 0 Å². The molecule has 0 spiro atoms. The number of hydrazone groups is 1. The molecule has 2 aliphatic rings. The molecule has 1 aromatic rings. The van der Waals surface area contributed by atoms with Crippen LogP contribution in [-0.4, -0.2) is 113 Å². The lowest BCUT2D eigenvalue weighted by Crippen LogP contribution is -2.52. The number of esters is 2. The summed E-state index contributed by atoms with van der Waals surface area (Å²) in [5.74, 6) is -2.60. The number of methoxy groups -OCH3 is 1. The van der Waals surface area contributed by atoms with Crippen molar-refractivity contribution >= 4 is 46.2 Å². The number of ether oxygens (including phenoxy) is 3. The molecule has 0 bridgehead atoms. The molecule has 1 heterocycles. The Hall–Kier alpha value is -4.25. The first kappa shape index (κ1) is 37.2. The molecule has 1 saturated carbocycles. The van der Waals surface area contributed by atoms with Gasteiger partial charge in [0.15, 0.2) is 0 Å². The number of carbonyl (C=O) groups excluding carboxylic acids is 5. The zero-order valence-corrected chi connectivity index (χ0v) is 27.8. The van der Waals surface area contributed by atoms with Crippen LogP contribution < -0.4 is 15.5 Å². The lowest BCUT2D eigenvalue weighted by atomic mass is 9.98. The fourth-order valence-corrected chi connectivity index (χ4v) is 6.51. The van der Waals surface area contributed by atoms with Gasteiger partial charge in [-0.2, -0.15) is 9.82 Å². The number of nitrogens with one attached hydrogen (secondary N) is 3. The minimum Gasteiger partial charge on any atom is -0.466 e. The van der Waals surface area contributed by atoms with E-state index in [1.807, 2.05) is 4.90 Å². The maximum atomic E-state index is 13.9. The fraction of sp³-hybridized carbons (Fsp3) is 0.600. The molecule has 1 aliphatic heterocycles. The zero-order valence-electron chi connectivity index (χ0n) is 26.9. The number of sulfonamides is 1. The molecule has 3 amide bonds. The normalized spacial score (nSPS) is 17.0. The first-order chi connectivity index (χ1) is 22.5. The Bertz CT molecular complexity index is 1400. The standard InChI is InChI=1S/C30H44N6O10S/c1-4-45-27(38)14-16-36(22-12-13-22)28(39)24(34-47(42,43)25-11-7-6-10-23(25)29(40)44-3)17-26(37)31-18-21-9-8-15-35(19-21)20-32-33-30(41)46-5-2/h6-7,10-11,20-22,24,34H,4-5,8-9,12-19H2,1-3H3,(H,31,37)(H,33,41)/t21-,24-/m0/s1. The number of amides is 3. The van der Waals surface area contributed by atoms with Crippen molar-refractivity contribution in [1.82, 2.24) is 25.3 Å². The summed E-state index contributed by atoms with van der Waals surface area (Å²) in [5, 5.41) is 6.69. The van der Waals surface area contributed by atoms with Gasteiger partial charge in [0.1, 0.15) is 12.4 Å². The number of rotatable bonds is 17. The highest BCUT2D eigenvalue weighted by atomic mass is 32.2. The highest BCUT2D eigenvalue weighted by Gasteiger charge is 2.39. The summed E-state index contributed by atoms with van der Waals surface area (Å²) in [6, 6.07) is 3.65. The third-order valence-corrected chi connectivity index (χ3v) is 9.02. The largest absolute Gasteiger partial charge is 0.466 e. The highest BCUT2D eigenvalue weighted by Crippen LogP contribution is 2.28. The molecule has 0 aromatic heterocycles. The van der Waals surface area contributed by atoms with Gasteiger partial charge in [-0.1, -0.05) is 12.1 Å². The predicted octanol–water partition coefficient (Wildman–Crippen LogP) is 0.972. The molecule has 3 rings (SSSR count). The minimum absolute atomic E-state index is 0.00852. The molecule has 0 unspecified atom stereocenters. The van der Waals surface area contributed by atoms with Crippen LogP contribution in [0.15, 0.2) is 34.3 Å². The molecule has 3 N–H and O–H groups in total. The smallest absolute Gasteiger partial charge is 0.427 e. The van der Waals surface area contributed by atoms with Crippen molar-refractivity contribution < 1.29 is 46.6 Å².